The van der Waals surface area contributed by atoms with E-state index in [0.717, 1.165) is 27.4 Å². The highest BCUT2D eigenvalue weighted by Gasteiger charge is 2.29. The summed E-state index contributed by atoms with van der Waals surface area (Å²) in [5.41, 5.74) is 7.35. The number of carbonyl (C=O) groups is 2. The van der Waals surface area contributed by atoms with Gasteiger partial charge in [0.25, 0.3) is 0 Å². The van der Waals surface area contributed by atoms with Gasteiger partial charge in [-0.05, 0) is 60.7 Å². The number of imidazole rings is 1. The molecule has 2 atom stereocenters. The quantitative estimate of drug-likeness (QED) is 0.358. The van der Waals surface area contributed by atoms with Crippen LogP contribution in [0.3, 0.4) is 0 Å². The Morgan fingerprint density at radius 1 is 1.21 bits per heavy atom. The number of nitrogens with one attached hydrogen (secondary N) is 1. The number of aliphatic hydroxyl groups excluding tert-OH is 1. The Balaban J connectivity index is 1.32. The number of fused-ring (bicyclic) bond motifs is 2. The maximum Gasteiger partial charge on any atom is 0.249 e. The number of ether oxygens (including phenoxy) is 2. The summed E-state index contributed by atoms with van der Waals surface area (Å²) in [7, 11) is 0. The number of amides is 2. The monoisotopic (exact) mass is 619 g/mol. The van der Waals surface area contributed by atoms with Gasteiger partial charge < -0.3 is 35.1 Å². The van der Waals surface area contributed by atoms with E-state index in [4.69, 9.17) is 20.2 Å². The number of rotatable bonds is 7. The highest BCUT2D eigenvalue weighted by Crippen LogP contribution is 2.42. The minimum absolute atomic E-state index is 0.157. The van der Waals surface area contributed by atoms with Crippen molar-refractivity contribution in [3.63, 3.8) is 0 Å². The van der Waals surface area contributed by atoms with Gasteiger partial charge in [0.1, 0.15) is 31.7 Å². The van der Waals surface area contributed by atoms with Gasteiger partial charge in [-0.2, -0.15) is 0 Å². The third kappa shape index (κ3) is 5.92. The van der Waals surface area contributed by atoms with E-state index in [-0.39, 0.29) is 11.8 Å². The maximum absolute atomic E-state index is 12.8. The van der Waals surface area contributed by atoms with Crippen molar-refractivity contribution in [2.75, 3.05) is 32.0 Å². The van der Waals surface area contributed by atoms with Crippen molar-refractivity contribution < 1.29 is 24.2 Å². The van der Waals surface area contributed by atoms with Crippen LogP contribution in [0.15, 0.2) is 33.0 Å². The second-order valence-electron chi connectivity index (χ2n) is 9.64. The Hall–Kier alpha value is -3.10. The third-order valence-corrected chi connectivity index (χ3v) is 8.77. The molecule has 0 unspecified atom stereocenters. The summed E-state index contributed by atoms with van der Waals surface area (Å²) in [6, 6.07) is 3.13. The third-order valence-electron chi connectivity index (χ3n) is 6.80. The largest absolute Gasteiger partial charge is 0.486 e. The second-order valence-corrected chi connectivity index (χ2v) is 11.5. The fourth-order valence-corrected chi connectivity index (χ4v) is 6.15. The zero-order chi connectivity index (χ0) is 27.7. The van der Waals surface area contributed by atoms with E-state index in [0.29, 0.717) is 61.3 Å². The molecule has 14 heteroatoms. The summed E-state index contributed by atoms with van der Waals surface area (Å²) >= 11 is 5.12. The molecule has 2 amide bonds. The number of benzene rings is 1. The first kappa shape index (κ1) is 27.5. The molecule has 2 aliphatic rings. The lowest BCUT2D eigenvalue weighted by Gasteiger charge is -2.34. The Kier molecular flexibility index (Phi) is 8.14. The van der Waals surface area contributed by atoms with Crippen LogP contribution in [0.4, 0.5) is 5.82 Å². The van der Waals surface area contributed by atoms with Crippen molar-refractivity contribution in [2.45, 2.75) is 55.4 Å². The van der Waals surface area contributed by atoms with E-state index in [1.807, 2.05) is 12.1 Å². The molecule has 2 aromatic heterocycles. The van der Waals surface area contributed by atoms with Crippen LogP contribution in [0.2, 0.25) is 0 Å². The molecule has 4 heterocycles. The Morgan fingerprint density at radius 3 is 2.59 bits per heavy atom. The number of piperidine rings is 1. The van der Waals surface area contributed by atoms with Crippen molar-refractivity contribution in [2.24, 2.45) is 5.92 Å². The molecule has 4 N–H and O–H groups in total. The topological polar surface area (TPSA) is 158 Å². The number of likely N-dealkylation sites (tertiary alicyclic amines) is 1. The lowest BCUT2D eigenvalue weighted by Crippen LogP contribution is -2.51. The summed E-state index contributed by atoms with van der Waals surface area (Å²) in [5.74, 6) is 1.25. The average molecular weight is 621 g/mol. The smallest absolute Gasteiger partial charge is 0.249 e. The van der Waals surface area contributed by atoms with Crippen LogP contribution in [-0.4, -0.2) is 79.8 Å². The van der Waals surface area contributed by atoms with E-state index in [1.54, 1.807) is 11.8 Å². The first-order chi connectivity index (χ1) is 18.7. The number of nitrogens with zero attached hydrogens (tertiary/aromatic N) is 5. The predicted molar refractivity (Wildman–Crippen MR) is 148 cm³/mol. The first-order valence-corrected chi connectivity index (χ1v) is 14.3. The molecule has 208 valence electrons. The first-order valence-electron chi connectivity index (χ1n) is 12.7. The van der Waals surface area contributed by atoms with Crippen molar-refractivity contribution in [1.82, 2.24) is 29.7 Å². The highest BCUT2D eigenvalue weighted by molar-refractivity contribution is 9.10. The molecule has 1 aromatic carbocycles. The fourth-order valence-electron chi connectivity index (χ4n) is 4.66. The second kappa shape index (κ2) is 11.6. The molecule has 0 aliphatic carbocycles. The summed E-state index contributed by atoms with van der Waals surface area (Å²) in [5, 5.41) is 12.7. The van der Waals surface area contributed by atoms with E-state index in [1.165, 1.54) is 25.0 Å². The number of nitrogens with two attached hydrogens (primary N) is 1. The van der Waals surface area contributed by atoms with Crippen molar-refractivity contribution in [1.29, 1.82) is 0 Å². The molecule has 12 nitrogen and oxygen atoms in total. The van der Waals surface area contributed by atoms with Gasteiger partial charge in [-0.3, -0.25) is 9.59 Å². The predicted octanol–water partition coefficient (Wildman–Crippen LogP) is 2.22. The van der Waals surface area contributed by atoms with Gasteiger partial charge in [0.2, 0.25) is 11.8 Å². The Bertz CT molecular complexity index is 1390. The summed E-state index contributed by atoms with van der Waals surface area (Å²) in [6.45, 7) is 5.80. The molecule has 1 fully saturated rings. The number of nitrogen functional groups attached to an aromatic ring is 1. The van der Waals surface area contributed by atoms with Crippen LogP contribution in [0, 0.1) is 5.92 Å². The van der Waals surface area contributed by atoms with E-state index in [9.17, 15) is 14.7 Å². The number of halogens is 1. The standard InChI is InChI=1S/C25H30BrN7O5S/c1-13(30-23(35)14(2)34)24(36)32-5-3-15(4-6-32)11-33-22-20(21(27)28-12-29-22)31-25(33)39-19-10-18-17(9-16(19)26)37-7-8-38-18/h9-10,12-15,34H,3-8,11H2,1-2H3,(H,30,35)(H2,27,28,29)/t13-,14+/m1/s1. The number of hydrogen-bond donors (Lipinski definition) is 3. The number of carbonyl (C=O) groups excluding carboxylic acids is 2. The molecule has 5 rings (SSSR count). The van der Waals surface area contributed by atoms with Crippen LogP contribution in [-0.2, 0) is 16.1 Å². The molecular formula is C25H30BrN7O5S. The van der Waals surface area contributed by atoms with Crippen LogP contribution in [0.5, 0.6) is 11.5 Å². The van der Waals surface area contributed by atoms with Crippen LogP contribution in [0.1, 0.15) is 26.7 Å². The SMILES string of the molecule is C[C@H](O)C(=O)N[C@H](C)C(=O)N1CCC(Cn2c(Sc3cc4c(cc3Br)OCCO4)nc3c(N)ncnc32)CC1. The minimum Gasteiger partial charge on any atom is -0.486 e. The van der Waals surface area contributed by atoms with E-state index in [2.05, 4.69) is 35.8 Å². The van der Waals surface area contributed by atoms with Crippen molar-refractivity contribution in [3.05, 3.63) is 22.9 Å². The van der Waals surface area contributed by atoms with Crippen molar-refractivity contribution >= 4 is 56.5 Å². The van der Waals surface area contributed by atoms with Gasteiger partial charge in [0.15, 0.2) is 33.6 Å². The fraction of sp³-hybridized carbons (Fsp3) is 0.480. The molecule has 3 aromatic rings. The minimum atomic E-state index is -1.16. The van der Waals surface area contributed by atoms with Gasteiger partial charge in [0.05, 0.1) is 0 Å². The molecular weight excluding hydrogens is 590 g/mol. The normalized spacial score (nSPS) is 17.2. The van der Waals surface area contributed by atoms with E-state index < -0.39 is 18.1 Å². The van der Waals surface area contributed by atoms with Crippen LogP contribution in [0.25, 0.3) is 11.2 Å². The number of aliphatic hydroxyl groups is 1. The zero-order valence-corrected chi connectivity index (χ0v) is 24.0. The molecule has 0 saturated carbocycles. The molecule has 39 heavy (non-hydrogen) atoms. The van der Waals surface area contributed by atoms with Crippen molar-refractivity contribution in [3.8, 4) is 11.5 Å². The zero-order valence-electron chi connectivity index (χ0n) is 21.6. The maximum atomic E-state index is 12.8. The number of anilines is 1. The van der Waals surface area contributed by atoms with Gasteiger partial charge in [-0.15, -0.1) is 0 Å². The molecule has 0 bridgehead atoms. The van der Waals surface area contributed by atoms with Gasteiger partial charge in [-0.25, -0.2) is 15.0 Å². The molecule has 1 saturated heterocycles. The van der Waals surface area contributed by atoms with Crippen LogP contribution < -0.4 is 20.5 Å². The summed E-state index contributed by atoms with van der Waals surface area (Å²) in [6.07, 6.45) is 1.83. The average Bonchev–Trinajstić information content (AvgIpc) is 3.27. The molecule has 0 spiro atoms. The lowest BCUT2D eigenvalue weighted by molar-refractivity contribution is -0.139. The number of hydrogen-bond acceptors (Lipinski definition) is 10. The van der Waals surface area contributed by atoms with Gasteiger partial charge >= 0.3 is 0 Å². The van der Waals surface area contributed by atoms with E-state index >= 15 is 0 Å². The lowest BCUT2D eigenvalue weighted by atomic mass is 9.96. The van der Waals surface area contributed by atoms with Gasteiger partial charge in [0, 0.05) is 29.0 Å². The Morgan fingerprint density at radius 2 is 1.90 bits per heavy atom. The number of aromatic nitrogens is 4. The Labute approximate surface area is 237 Å². The van der Waals surface area contributed by atoms with Gasteiger partial charge in [-0.1, -0.05) is 11.8 Å². The summed E-state index contributed by atoms with van der Waals surface area (Å²) < 4.78 is 14.4. The van der Waals surface area contributed by atoms with Crippen LogP contribution >= 0.6 is 27.7 Å². The highest BCUT2D eigenvalue weighted by atomic mass is 79.9. The molecule has 2 aliphatic heterocycles. The summed E-state index contributed by atoms with van der Waals surface area (Å²) in [4.78, 5) is 40.7. The molecule has 0 radical (unpaired) electrons.